The molecule has 1 heterocycles. The van der Waals surface area contributed by atoms with E-state index >= 15 is 0 Å². The predicted molar refractivity (Wildman–Crippen MR) is 89.4 cm³/mol. The standard InChI is InChI=1S/C17H26N2OS/c1-6-12(3)19-15(18-17(4,7-2)16(19)20)13-8-10-14(21-5)11-9-13/h8-12,15,18H,6-7H2,1-5H3. The molecule has 0 saturated carbocycles. The van der Waals surface area contributed by atoms with Gasteiger partial charge in [0.05, 0.1) is 5.54 Å². The van der Waals surface area contributed by atoms with E-state index in [9.17, 15) is 4.79 Å². The zero-order valence-electron chi connectivity index (χ0n) is 13.6. The highest BCUT2D eigenvalue weighted by Crippen LogP contribution is 2.35. The Morgan fingerprint density at radius 1 is 1.33 bits per heavy atom. The first-order valence-corrected chi connectivity index (χ1v) is 8.93. The van der Waals surface area contributed by atoms with E-state index in [2.05, 4.69) is 56.6 Å². The number of nitrogens with one attached hydrogen (secondary N) is 1. The Bertz CT molecular complexity index is 502. The molecule has 3 atom stereocenters. The molecule has 0 bridgehead atoms. The van der Waals surface area contributed by atoms with Crippen molar-refractivity contribution in [3.8, 4) is 0 Å². The first kappa shape index (κ1) is 16.4. The Hall–Kier alpha value is -1.00. The highest BCUT2D eigenvalue weighted by Gasteiger charge is 2.48. The number of amides is 1. The van der Waals surface area contributed by atoms with Crippen molar-refractivity contribution in [1.29, 1.82) is 0 Å². The lowest BCUT2D eigenvalue weighted by Gasteiger charge is -2.30. The van der Waals surface area contributed by atoms with Crippen molar-refractivity contribution >= 4 is 17.7 Å². The topological polar surface area (TPSA) is 32.3 Å². The molecule has 1 aromatic rings. The Morgan fingerprint density at radius 2 is 1.95 bits per heavy atom. The van der Waals surface area contributed by atoms with E-state index in [1.165, 1.54) is 10.5 Å². The van der Waals surface area contributed by atoms with Gasteiger partial charge < -0.3 is 4.90 Å². The molecule has 0 aliphatic carbocycles. The van der Waals surface area contributed by atoms with Gasteiger partial charge in [-0.15, -0.1) is 11.8 Å². The van der Waals surface area contributed by atoms with Gasteiger partial charge in [0.15, 0.2) is 0 Å². The van der Waals surface area contributed by atoms with Crippen molar-refractivity contribution in [2.45, 2.75) is 63.2 Å². The van der Waals surface area contributed by atoms with Crippen LogP contribution in [0.15, 0.2) is 29.2 Å². The summed E-state index contributed by atoms with van der Waals surface area (Å²) in [5, 5.41) is 3.56. The van der Waals surface area contributed by atoms with Gasteiger partial charge in [-0.1, -0.05) is 26.0 Å². The Morgan fingerprint density at radius 3 is 2.43 bits per heavy atom. The molecular weight excluding hydrogens is 280 g/mol. The molecule has 116 valence electrons. The summed E-state index contributed by atoms with van der Waals surface area (Å²) in [6.45, 7) is 8.34. The lowest BCUT2D eigenvalue weighted by atomic mass is 9.99. The lowest BCUT2D eigenvalue weighted by Crippen LogP contribution is -2.44. The van der Waals surface area contributed by atoms with Gasteiger partial charge in [-0.2, -0.15) is 0 Å². The maximum Gasteiger partial charge on any atom is 0.244 e. The van der Waals surface area contributed by atoms with E-state index in [4.69, 9.17) is 0 Å². The third-order valence-corrected chi connectivity index (χ3v) is 5.39. The number of benzene rings is 1. The van der Waals surface area contributed by atoms with Crippen LogP contribution >= 0.6 is 11.8 Å². The van der Waals surface area contributed by atoms with Crippen LogP contribution in [-0.4, -0.2) is 28.6 Å². The molecule has 1 saturated heterocycles. The highest BCUT2D eigenvalue weighted by molar-refractivity contribution is 7.98. The van der Waals surface area contributed by atoms with Crippen LogP contribution in [0.25, 0.3) is 0 Å². The van der Waals surface area contributed by atoms with Crippen molar-refractivity contribution in [3.05, 3.63) is 29.8 Å². The minimum Gasteiger partial charge on any atom is -0.319 e. The average molecular weight is 306 g/mol. The molecule has 2 rings (SSSR count). The molecule has 4 heteroatoms. The second-order valence-electron chi connectivity index (χ2n) is 5.98. The van der Waals surface area contributed by atoms with Crippen molar-refractivity contribution in [3.63, 3.8) is 0 Å². The summed E-state index contributed by atoms with van der Waals surface area (Å²) in [6.07, 6.45) is 3.82. The van der Waals surface area contributed by atoms with Gasteiger partial charge >= 0.3 is 0 Å². The maximum absolute atomic E-state index is 12.8. The van der Waals surface area contributed by atoms with E-state index in [-0.39, 0.29) is 18.1 Å². The van der Waals surface area contributed by atoms with Crippen LogP contribution in [-0.2, 0) is 4.79 Å². The normalized spacial score (nSPS) is 27.2. The second kappa shape index (κ2) is 6.41. The number of rotatable bonds is 5. The summed E-state index contributed by atoms with van der Waals surface area (Å²) in [5.74, 6) is 0.221. The van der Waals surface area contributed by atoms with Gasteiger partial charge in [-0.05, 0) is 50.6 Å². The molecule has 1 fully saturated rings. The molecule has 1 N–H and O–H groups in total. The number of nitrogens with zero attached hydrogens (tertiary/aromatic N) is 1. The summed E-state index contributed by atoms with van der Waals surface area (Å²) < 4.78 is 0. The van der Waals surface area contributed by atoms with Gasteiger partial charge in [0.1, 0.15) is 6.17 Å². The summed E-state index contributed by atoms with van der Waals surface area (Å²) in [5.41, 5.74) is 0.713. The largest absolute Gasteiger partial charge is 0.319 e. The fourth-order valence-electron chi connectivity index (χ4n) is 2.77. The van der Waals surface area contributed by atoms with Crippen molar-refractivity contribution in [1.82, 2.24) is 10.2 Å². The molecule has 1 aliphatic heterocycles. The third kappa shape index (κ3) is 2.97. The predicted octanol–water partition coefficient (Wildman–Crippen LogP) is 3.81. The van der Waals surface area contributed by atoms with Gasteiger partial charge in [-0.25, -0.2) is 0 Å². The van der Waals surface area contributed by atoms with Gasteiger partial charge in [-0.3, -0.25) is 10.1 Å². The van der Waals surface area contributed by atoms with Gasteiger partial charge in [0.25, 0.3) is 0 Å². The van der Waals surface area contributed by atoms with Crippen LogP contribution in [0.3, 0.4) is 0 Å². The quantitative estimate of drug-likeness (QED) is 0.840. The first-order valence-electron chi connectivity index (χ1n) is 7.71. The maximum atomic E-state index is 12.8. The zero-order chi connectivity index (χ0) is 15.6. The van der Waals surface area contributed by atoms with Crippen LogP contribution in [0, 0.1) is 0 Å². The molecule has 1 aromatic carbocycles. The Labute approximate surface area is 132 Å². The van der Waals surface area contributed by atoms with E-state index < -0.39 is 5.54 Å². The monoisotopic (exact) mass is 306 g/mol. The molecular formula is C17H26N2OS. The van der Waals surface area contributed by atoms with Crippen LogP contribution in [0.1, 0.15) is 52.3 Å². The summed E-state index contributed by atoms with van der Waals surface area (Å²) in [6, 6.07) is 8.76. The van der Waals surface area contributed by atoms with Gasteiger partial charge in [0.2, 0.25) is 5.91 Å². The summed E-state index contributed by atoms with van der Waals surface area (Å²) in [7, 11) is 0. The second-order valence-corrected chi connectivity index (χ2v) is 6.86. The molecule has 21 heavy (non-hydrogen) atoms. The summed E-state index contributed by atoms with van der Waals surface area (Å²) >= 11 is 1.74. The lowest BCUT2D eigenvalue weighted by molar-refractivity contribution is -0.135. The van der Waals surface area contributed by atoms with E-state index in [1.54, 1.807) is 11.8 Å². The fourth-order valence-corrected chi connectivity index (χ4v) is 3.18. The van der Waals surface area contributed by atoms with Crippen LogP contribution in [0.4, 0.5) is 0 Å². The smallest absolute Gasteiger partial charge is 0.244 e. The van der Waals surface area contributed by atoms with E-state index in [0.29, 0.717) is 0 Å². The SMILES string of the molecule is CCC(C)N1C(=O)C(C)(CC)NC1c1ccc(SC)cc1. The minimum atomic E-state index is -0.452. The average Bonchev–Trinajstić information content (AvgIpc) is 2.79. The minimum absolute atomic E-state index is 0.0201. The molecule has 1 aliphatic rings. The Balaban J connectivity index is 2.36. The van der Waals surface area contributed by atoms with Crippen molar-refractivity contribution in [2.24, 2.45) is 0 Å². The van der Waals surface area contributed by atoms with E-state index in [0.717, 1.165) is 12.8 Å². The van der Waals surface area contributed by atoms with E-state index in [1.807, 2.05) is 11.8 Å². The summed E-state index contributed by atoms with van der Waals surface area (Å²) in [4.78, 5) is 16.1. The number of thioether (sulfide) groups is 1. The molecule has 1 amide bonds. The molecule has 0 aromatic heterocycles. The number of carbonyl (C=O) groups is 1. The number of hydrogen-bond acceptors (Lipinski definition) is 3. The van der Waals surface area contributed by atoms with Crippen LogP contribution in [0.5, 0.6) is 0 Å². The highest BCUT2D eigenvalue weighted by atomic mass is 32.2. The van der Waals surface area contributed by atoms with Crippen molar-refractivity contribution in [2.75, 3.05) is 6.26 Å². The molecule has 3 nitrogen and oxygen atoms in total. The van der Waals surface area contributed by atoms with Crippen LogP contribution < -0.4 is 5.32 Å². The number of carbonyl (C=O) groups excluding carboxylic acids is 1. The third-order valence-electron chi connectivity index (χ3n) is 4.64. The number of hydrogen-bond donors (Lipinski definition) is 1. The Kier molecular flexibility index (Phi) is 4.99. The molecule has 0 spiro atoms. The fraction of sp³-hybridized carbons (Fsp3) is 0.588. The van der Waals surface area contributed by atoms with Gasteiger partial charge in [0, 0.05) is 10.9 Å². The zero-order valence-corrected chi connectivity index (χ0v) is 14.5. The molecule has 3 unspecified atom stereocenters. The molecule has 0 radical (unpaired) electrons. The first-order chi connectivity index (χ1) is 9.96. The van der Waals surface area contributed by atoms with Crippen LogP contribution in [0.2, 0.25) is 0 Å². The van der Waals surface area contributed by atoms with Crippen molar-refractivity contribution < 1.29 is 4.79 Å².